The van der Waals surface area contributed by atoms with Crippen LogP contribution in [0.25, 0.3) is 0 Å². The molecule has 0 aromatic heterocycles. The van der Waals surface area contributed by atoms with Crippen molar-refractivity contribution in [2.24, 2.45) is 0 Å². The summed E-state index contributed by atoms with van der Waals surface area (Å²) in [5.41, 5.74) is 2.92. The van der Waals surface area contributed by atoms with Crippen LogP contribution in [0.1, 0.15) is 11.1 Å². The topological polar surface area (TPSA) is 51.2 Å². The van der Waals surface area contributed by atoms with Crippen LogP contribution in [0.15, 0.2) is 72.8 Å². The van der Waals surface area contributed by atoms with E-state index in [1.54, 1.807) is 25.2 Å². The smallest absolute Gasteiger partial charge is 0.415 e. The average molecular weight is 421 g/mol. The normalized spacial score (nSPS) is 10.3. The fourth-order valence-corrected chi connectivity index (χ4v) is 3.08. The fourth-order valence-electron chi connectivity index (χ4n) is 3.08. The Morgan fingerprint density at radius 2 is 1.26 bits per heavy atom. The average Bonchev–Trinajstić information content (AvgIpc) is 2.79. The van der Waals surface area contributed by atoms with E-state index in [1.165, 1.54) is 0 Å². The monoisotopic (exact) mass is 420 g/mol. The van der Waals surface area contributed by atoms with Crippen LogP contribution in [0.4, 0.5) is 10.5 Å². The van der Waals surface area contributed by atoms with E-state index in [4.69, 9.17) is 14.2 Å². The minimum absolute atomic E-state index is 0.405. The summed E-state index contributed by atoms with van der Waals surface area (Å²) in [6.07, 6.45) is -0.414. The first kappa shape index (κ1) is 22.0. The number of nitrogens with zero attached hydrogens (tertiary/aromatic N) is 2. The molecule has 0 heterocycles. The van der Waals surface area contributed by atoms with Gasteiger partial charge in [-0.25, -0.2) is 4.79 Å². The van der Waals surface area contributed by atoms with Crippen LogP contribution in [0, 0.1) is 0 Å². The molecule has 0 spiro atoms. The lowest BCUT2D eigenvalue weighted by Gasteiger charge is -2.23. The van der Waals surface area contributed by atoms with Crippen LogP contribution in [-0.4, -0.2) is 39.3 Å². The van der Waals surface area contributed by atoms with Gasteiger partial charge in [0.15, 0.2) is 0 Å². The molecule has 0 unspecified atom stereocenters. The highest BCUT2D eigenvalue weighted by atomic mass is 16.6. The van der Waals surface area contributed by atoms with E-state index in [-0.39, 0.29) is 0 Å². The van der Waals surface area contributed by atoms with E-state index in [1.807, 2.05) is 85.7 Å². The molecule has 0 aliphatic heterocycles. The van der Waals surface area contributed by atoms with Crippen LogP contribution >= 0.6 is 0 Å². The van der Waals surface area contributed by atoms with Crippen molar-refractivity contribution in [3.8, 4) is 17.2 Å². The summed E-state index contributed by atoms with van der Waals surface area (Å²) in [6.45, 7) is 0.810. The van der Waals surface area contributed by atoms with Crippen molar-refractivity contribution in [1.82, 2.24) is 4.90 Å². The molecule has 0 atom stereocenters. The van der Waals surface area contributed by atoms with Crippen molar-refractivity contribution in [3.05, 3.63) is 83.9 Å². The van der Waals surface area contributed by atoms with Gasteiger partial charge in [-0.2, -0.15) is 0 Å². The molecular formula is C25H28N2O4. The van der Waals surface area contributed by atoms with Crippen molar-refractivity contribution in [2.75, 3.05) is 33.2 Å². The van der Waals surface area contributed by atoms with E-state index >= 15 is 0 Å². The Morgan fingerprint density at radius 1 is 0.742 bits per heavy atom. The minimum Gasteiger partial charge on any atom is -0.497 e. The molecule has 6 nitrogen and oxygen atoms in total. The Hall–Kier alpha value is -3.67. The molecule has 0 aliphatic rings. The van der Waals surface area contributed by atoms with Gasteiger partial charge in [0.2, 0.25) is 0 Å². The first-order chi connectivity index (χ1) is 15.0. The molecule has 3 aromatic rings. The first-order valence-corrected chi connectivity index (χ1v) is 9.98. The van der Waals surface area contributed by atoms with Crippen LogP contribution in [0.3, 0.4) is 0 Å². The quantitative estimate of drug-likeness (QED) is 0.515. The van der Waals surface area contributed by atoms with Crippen molar-refractivity contribution < 1.29 is 19.0 Å². The van der Waals surface area contributed by atoms with Crippen LogP contribution in [0.5, 0.6) is 17.2 Å². The molecule has 1 amide bonds. The molecule has 6 heteroatoms. The van der Waals surface area contributed by atoms with Crippen LogP contribution < -0.4 is 19.1 Å². The Kier molecular flexibility index (Phi) is 7.38. The van der Waals surface area contributed by atoms with E-state index in [9.17, 15) is 4.79 Å². The lowest BCUT2D eigenvalue weighted by molar-refractivity contribution is 0.146. The van der Waals surface area contributed by atoms with E-state index in [0.29, 0.717) is 18.8 Å². The second-order valence-corrected chi connectivity index (χ2v) is 7.31. The zero-order valence-corrected chi connectivity index (χ0v) is 18.4. The number of hydrogen-bond acceptors (Lipinski definition) is 5. The zero-order chi connectivity index (χ0) is 22.2. The van der Waals surface area contributed by atoms with Gasteiger partial charge in [-0.1, -0.05) is 30.3 Å². The van der Waals surface area contributed by atoms with E-state index < -0.39 is 6.09 Å². The predicted octanol–water partition coefficient (Wildman–Crippen LogP) is 4.97. The van der Waals surface area contributed by atoms with Gasteiger partial charge in [-0.15, -0.1) is 0 Å². The van der Waals surface area contributed by atoms with Gasteiger partial charge in [0.25, 0.3) is 0 Å². The molecule has 0 aliphatic carbocycles. The highest BCUT2D eigenvalue weighted by molar-refractivity contribution is 5.71. The summed E-state index contributed by atoms with van der Waals surface area (Å²) >= 11 is 0. The summed E-state index contributed by atoms with van der Waals surface area (Å²) in [4.78, 5) is 16.7. The van der Waals surface area contributed by atoms with Gasteiger partial charge in [0, 0.05) is 38.9 Å². The highest BCUT2D eigenvalue weighted by Crippen LogP contribution is 2.22. The lowest BCUT2D eigenvalue weighted by atomic mass is 10.1. The Morgan fingerprint density at radius 3 is 1.71 bits per heavy atom. The van der Waals surface area contributed by atoms with Crippen molar-refractivity contribution in [3.63, 3.8) is 0 Å². The number of ether oxygens (including phenoxy) is 3. The molecule has 162 valence electrons. The molecule has 0 saturated heterocycles. The summed E-state index contributed by atoms with van der Waals surface area (Å²) in [7, 11) is 7.15. The summed E-state index contributed by atoms with van der Waals surface area (Å²) in [6, 6.07) is 22.8. The molecule has 0 fully saturated rings. The van der Waals surface area contributed by atoms with Gasteiger partial charge in [-0.3, -0.25) is 4.90 Å². The Labute approximate surface area is 183 Å². The minimum atomic E-state index is -0.414. The molecular weight excluding hydrogens is 392 g/mol. The molecule has 3 rings (SSSR count). The van der Waals surface area contributed by atoms with Gasteiger partial charge in [0.05, 0.1) is 14.2 Å². The number of methoxy groups -OCH3 is 2. The second-order valence-electron chi connectivity index (χ2n) is 7.31. The van der Waals surface area contributed by atoms with Gasteiger partial charge in [-0.05, 0) is 47.5 Å². The Bertz CT molecular complexity index is 936. The Balaban J connectivity index is 1.80. The first-order valence-electron chi connectivity index (χ1n) is 9.98. The molecule has 0 N–H and O–H groups in total. The maximum Gasteiger partial charge on any atom is 0.415 e. The predicted molar refractivity (Wildman–Crippen MR) is 122 cm³/mol. The van der Waals surface area contributed by atoms with Crippen molar-refractivity contribution in [2.45, 2.75) is 13.1 Å². The summed E-state index contributed by atoms with van der Waals surface area (Å²) in [5, 5.41) is 0. The van der Waals surface area contributed by atoms with Crippen molar-refractivity contribution in [1.29, 1.82) is 0 Å². The van der Waals surface area contributed by atoms with E-state index in [0.717, 1.165) is 28.3 Å². The number of hydrogen-bond donors (Lipinski definition) is 0. The summed E-state index contributed by atoms with van der Waals surface area (Å²) in [5.74, 6) is 2.05. The number of rotatable bonds is 8. The third kappa shape index (κ3) is 6.15. The largest absolute Gasteiger partial charge is 0.497 e. The summed E-state index contributed by atoms with van der Waals surface area (Å²) < 4.78 is 16.2. The highest BCUT2D eigenvalue weighted by Gasteiger charge is 2.18. The van der Waals surface area contributed by atoms with Gasteiger partial charge in [0.1, 0.15) is 17.2 Å². The molecule has 0 bridgehead atoms. The lowest BCUT2D eigenvalue weighted by Crippen LogP contribution is -2.32. The SMILES string of the molecule is COc1ccc(CN(Cc2ccc(OC)cc2)C(=O)Oc2cccc(N(C)C)c2)cc1. The van der Waals surface area contributed by atoms with Crippen LogP contribution in [0.2, 0.25) is 0 Å². The third-order valence-corrected chi connectivity index (χ3v) is 4.86. The molecule has 0 saturated carbocycles. The van der Waals surface area contributed by atoms with E-state index in [2.05, 4.69) is 0 Å². The number of carbonyl (C=O) groups is 1. The number of anilines is 1. The molecule has 31 heavy (non-hydrogen) atoms. The third-order valence-electron chi connectivity index (χ3n) is 4.86. The number of carbonyl (C=O) groups excluding carboxylic acids is 1. The molecule has 3 aromatic carbocycles. The van der Waals surface area contributed by atoms with Crippen molar-refractivity contribution >= 4 is 11.8 Å². The zero-order valence-electron chi connectivity index (χ0n) is 18.4. The standard InChI is InChI=1S/C25H28N2O4/c1-26(2)21-6-5-7-24(16-21)31-25(28)27(17-19-8-12-22(29-3)13-9-19)18-20-10-14-23(30-4)15-11-20/h5-16H,17-18H2,1-4H3. The van der Waals surface area contributed by atoms with Crippen LogP contribution in [-0.2, 0) is 13.1 Å². The molecule has 0 radical (unpaired) electrons. The maximum atomic E-state index is 13.1. The maximum absolute atomic E-state index is 13.1. The number of amides is 1. The fraction of sp³-hybridized carbons (Fsp3) is 0.240. The van der Waals surface area contributed by atoms with Gasteiger partial charge >= 0.3 is 6.09 Å². The second kappa shape index (κ2) is 10.4. The van der Waals surface area contributed by atoms with Gasteiger partial charge < -0.3 is 19.1 Å². The number of benzene rings is 3.